The van der Waals surface area contributed by atoms with Crippen LogP contribution in [0.4, 0.5) is 5.69 Å². The van der Waals surface area contributed by atoms with E-state index in [-0.39, 0.29) is 0 Å². The molecule has 0 aliphatic carbocycles. The van der Waals surface area contributed by atoms with Crippen LogP contribution in [-0.2, 0) is 12.8 Å². The molecule has 1 rings (SSSR count). The molecule has 0 aliphatic rings. The van der Waals surface area contributed by atoms with Crippen LogP contribution in [0.2, 0.25) is 0 Å². The van der Waals surface area contributed by atoms with Gasteiger partial charge in [-0.05, 0) is 48.9 Å². The fraction of sp³-hybridized carbons (Fsp3) is 0.800. The van der Waals surface area contributed by atoms with Gasteiger partial charge in [0.2, 0.25) is 0 Å². The van der Waals surface area contributed by atoms with Gasteiger partial charge < -0.3 is 5.73 Å². The lowest BCUT2D eigenvalue weighted by molar-refractivity contribution is 0.556. The second-order valence-corrected chi connectivity index (χ2v) is 10.9. The maximum absolute atomic E-state index is 6.41. The Balaban J connectivity index is 2.11. The lowest BCUT2D eigenvalue weighted by Gasteiger charge is -2.11. The third kappa shape index (κ3) is 15.4. The van der Waals surface area contributed by atoms with Crippen molar-refractivity contribution in [2.24, 2.45) is 0 Å². The molecule has 1 aromatic carbocycles. The van der Waals surface area contributed by atoms with E-state index in [4.69, 9.17) is 5.73 Å². The number of aryl methyl sites for hydroxylation is 2. The van der Waals surface area contributed by atoms with Crippen molar-refractivity contribution in [1.29, 1.82) is 0 Å². The third-order valence-electron chi connectivity index (χ3n) is 6.91. The molecule has 0 fully saturated rings. The molecule has 0 heterocycles. The predicted molar refractivity (Wildman–Crippen MR) is 150 cm³/mol. The van der Waals surface area contributed by atoms with Crippen LogP contribution in [0.5, 0.6) is 0 Å². The molecule has 0 aliphatic heterocycles. The van der Waals surface area contributed by atoms with Gasteiger partial charge in [0.05, 0.1) is 0 Å². The highest BCUT2D eigenvalue weighted by Crippen LogP contribution is 2.27. The Bertz CT molecular complexity index is 504. The van der Waals surface area contributed by atoms with Crippen LogP contribution < -0.4 is 5.73 Å². The maximum atomic E-state index is 6.41. The van der Waals surface area contributed by atoms with Crippen molar-refractivity contribution in [3.05, 3.63) is 27.7 Å². The van der Waals surface area contributed by atoms with Crippen LogP contribution in [0.1, 0.15) is 153 Å². The fourth-order valence-corrected chi connectivity index (χ4v) is 5.28. The molecule has 0 saturated heterocycles. The molecule has 0 radical (unpaired) electrons. The number of unbranched alkanes of at least 4 members (excludes halogenated alkanes) is 18. The first kappa shape index (κ1) is 29.5. The molecule has 0 unspecified atom stereocenters. The lowest BCUT2D eigenvalue weighted by atomic mass is 9.99. The summed E-state index contributed by atoms with van der Waals surface area (Å²) in [7, 11) is 0. The zero-order valence-electron chi connectivity index (χ0n) is 21.7. The number of nitrogen functional groups attached to an aromatic ring is 1. The molecular formula is C30H54BrN. The van der Waals surface area contributed by atoms with Crippen molar-refractivity contribution >= 4 is 21.6 Å². The predicted octanol–water partition coefficient (Wildman–Crippen LogP) is 11.0. The Labute approximate surface area is 209 Å². The van der Waals surface area contributed by atoms with Crippen LogP contribution in [-0.4, -0.2) is 0 Å². The summed E-state index contributed by atoms with van der Waals surface area (Å²) in [6.45, 7) is 4.58. The molecule has 1 nitrogen and oxygen atoms in total. The van der Waals surface area contributed by atoms with Crippen molar-refractivity contribution < 1.29 is 0 Å². The van der Waals surface area contributed by atoms with E-state index in [1.807, 2.05) is 0 Å². The molecule has 1 aromatic rings. The van der Waals surface area contributed by atoms with Crippen LogP contribution in [0.25, 0.3) is 0 Å². The molecule has 0 amide bonds. The quantitative estimate of drug-likeness (QED) is 0.122. The van der Waals surface area contributed by atoms with Gasteiger partial charge >= 0.3 is 0 Å². The van der Waals surface area contributed by atoms with Crippen LogP contribution in [0.15, 0.2) is 16.6 Å². The summed E-state index contributed by atoms with van der Waals surface area (Å²) < 4.78 is 1.27. The van der Waals surface area contributed by atoms with E-state index in [1.54, 1.807) is 0 Å². The van der Waals surface area contributed by atoms with E-state index in [0.29, 0.717) is 0 Å². The van der Waals surface area contributed by atoms with Crippen molar-refractivity contribution in [1.82, 2.24) is 0 Å². The molecule has 32 heavy (non-hydrogen) atoms. The minimum absolute atomic E-state index is 1.01. The van der Waals surface area contributed by atoms with E-state index in [1.165, 1.54) is 144 Å². The summed E-state index contributed by atoms with van der Waals surface area (Å²) >= 11 is 3.82. The van der Waals surface area contributed by atoms with E-state index >= 15 is 0 Å². The van der Waals surface area contributed by atoms with E-state index in [9.17, 15) is 0 Å². The average Bonchev–Trinajstić information content (AvgIpc) is 2.79. The van der Waals surface area contributed by atoms with Gasteiger partial charge in [-0.15, -0.1) is 0 Å². The Morgan fingerprint density at radius 3 is 1.25 bits per heavy atom. The van der Waals surface area contributed by atoms with E-state index in [0.717, 1.165) is 18.5 Å². The van der Waals surface area contributed by atoms with E-state index < -0.39 is 0 Å². The second kappa shape index (κ2) is 21.1. The zero-order valence-corrected chi connectivity index (χ0v) is 23.3. The van der Waals surface area contributed by atoms with Crippen LogP contribution >= 0.6 is 15.9 Å². The molecule has 0 spiro atoms. The molecule has 186 valence electrons. The average molecular weight is 509 g/mol. The summed E-state index contributed by atoms with van der Waals surface area (Å²) in [6, 6.07) is 4.54. The summed E-state index contributed by atoms with van der Waals surface area (Å²) in [5.74, 6) is 0. The minimum Gasteiger partial charge on any atom is -0.398 e. The SMILES string of the molecule is CCCCCCCCCCCCc1cc(Br)c(CCCCCCCCCCCC)cc1N. The summed E-state index contributed by atoms with van der Waals surface area (Å²) in [6.07, 6.45) is 30.1. The second-order valence-electron chi connectivity index (χ2n) is 10.0. The third-order valence-corrected chi connectivity index (χ3v) is 7.65. The number of hydrogen-bond donors (Lipinski definition) is 1. The van der Waals surface area contributed by atoms with Gasteiger partial charge in [0.25, 0.3) is 0 Å². The number of benzene rings is 1. The first-order chi connectivity index (χ1) is 15.7. The van der Waals surface area contributed by atoms with Gasteiger partial charge in [-0.1, -0.05) is 145 Å². The molecule has 0 bridgehead atoms. The van der Waals surface area contributed by atoms with E-state index in [2.05, 4.69) is 41.9 Å². The fourth-order valence-electron chi connectivity index (χ4n) is 4.69. The number of hydrogen-bond acceptors (Lipinski definition) is 1. The first-order valence-electron chi connectivity index (χ1n) is 14.3. The molecule has 2 N–H and O–H groups in total. The van der Waals surface area contributed by atoms with Crippen molar-refractivity contribution in [2.45, 2.75) is 155 Å². The van der Waals surface area contributed by atoms with Gasteiger partial charge in [-0.25, -0.2) is 0 Å². The number of rotatable bonds is 22. The molecular weight excluding hydrogens is 454 g/mol. The highest BCUT2D eigenvalue weighted by Gasteiger charge is 2.07. The Morgan fingerprint density at radius 1 is 0.500 bits per heavy atom. The number of nitrogens with two attached hydrogens (primary N) is 1. The van der Waals surface area contributed by atoms with Gasteiger partial charge in [0.1, 0.15) is 0 Å². The Morgan fingerprint density at radius 2 is 0.844 bits per heavy atom. The first-order valence-corrected chi connectivity index (χ1v) is 15.0. The highest BCUT2D eigenvalue weighted by atomic mass is 79.9. The van der Waals surface area contributed by atoms with Crippen LogP contribution in [0.3, 0.4) is 0 Å². The summed E-state index contributed by atoms with van der Waals surface area (Å²) in [4.78, 5) is 0. The van der Waals surface area contributed by atoms with Gasteiger partial charge in [-0.2, -0.15) is 0 Å². The zero-order chi connectivity index (χ0) is 23.3. The van der Waals surface area contributed by atoms with Gasteiger partial charge in [0, 0.05) is 10.2 Å². The Hall–Kier alpha value is -0.500. The summed E-state index contributed by atoms with van der Waals surface area (Å²) in [5.41, 5.74) is 10.1. The largest absolute Gasteiger partial charge is 0.398 e. The van der Waals surface area contributed by atoms with Crippen molar-refractivity contribution in [3.63, 3.8) is 0 Å². The van der Waals surface area contributed by atoms with Crippen LogP contribution in [0, 0.1) is 0 Å². The van der Waals surface area contributed by atoms with Gasteiger partial charge in [0.15, 0.2) is 0 Å². The molecule has 2 heteroatoms. The monoisotopic (exact) mass is 507 g/mol. The normalized spacial score (nSPS) is 11.3. The minimum atomic E-state index is 1.01. The standard InChI is InChI=1S/C30H54BrN/c1-3-5-7-9-11-13-15-17-19-21-23-27-26-30(32)28(25-29(27)31)24-22-20-18-16-14-12-10-8-6-4-2/h25-26H,3-24,32H2,1-2H3. The summed E-state index contributed by atoms with van der Waals surface area (Å²) in [5, 5.41) is 0. The highest BCUT2D eigenvalue weighted by molar-refractivity contribution is 9.10. The van der Waals surface area contributed by atoms with Crippen molar-refractivity contribution in [3.8, 4) is 0 Å². The maximum Gasteiger partial charge on any atom is 0.0350 e. The van der Waals surface area contributed by atoms with Crippen molar-refractivity contribution in [2.75, 3.05) is 5.73 Å². The number of anilines is 1. The Kier molecular flexibility index (Phi) is 19.4. The topological polar surface area (TPSA) is 26.0 Å². The number of halogens is 1. The molecule has 0 atom stereocenters. The smallest absolute Gasteiger partial charge is 0.0350 e. The molecule has 0 aromatic heterocycles. The lowest BCUT2D eigenvalue weighted by Crippen LogP contribution is -1.99. The van der Waals surface area contributed by atoms with Gasteiger partial charge in [-0.3, -0.25) is 0 Å². The molecule has 0 saturated carbocycles.